The second-order valence-corrected chi connectivity index (χ2v) is 5.92. The van der Waals surface area contributed by atoms with Gasteiger partial charge in [-0.3, -0.25) is 14.5 Å². The molecule has 1 aromatic carbocycles. The Labute approximate surface area is 131 Å². The van der Waals surface area contributed by atoms with Gasteiger partial charge in [0.25, 0.3) is 0 Å². The molecule has 120 valence electrons. The maximum absolute atomic E-state index is 11.9. The van der Waals surface area contributed by atoms with Gasteiger partial charge in [-0.25, -0.2) is 0 Å². The van der Waals surface area contributed by atoms with Crippen LogP contribution in [0.3, 0.4) is 0 Å². The van der Waals surface area contributed by atoms with Crippen molar-refractivity contribution in [2.24, 2.45) is 5.92 Å². The SMILES string of the molecule is CC(O)C1CCN(CC(=O)NCC(=O)c2ccccc2)CC1. The van der Waals surface area contributed by atoms with Crippen LogP contribution >= 0.6 is 0 Å². The molecule has 1 amide bonds. The van der Waals surface area contributed by atoms with E-state index in [1.165, 1.54) is 0 Å². The van der Waals surface area contributed by atoms with E-state index in [2.05, 4.69) is 10.2 Å². The third-order valence-corrected chi connectivity index (χ3v) is 4.22. The van der Waals surface area contributed by atoms with E-state index in [1.54, 1.807) is 24.3 Å². The first-order chi connectivity index (χ1) is 10.6. The molecule has 0 radical (unpaired) electrons. The summed E-state index contributed by atoms with van der Waals surface area (Å²) in [6.07, 6.45) is 1.54. The van der Waals surface area contributed by atoms with Gasteiger partial charge in [-0.15, -0.1) is 0 Å². The molecule has 22 heavy (non-hydrogen) atoms. The molecule has 5 nitrogen and oxygen atoms in total. The minimum atomic E-state index is -0.278. The van der Waals surface area contributed by atoms with E-state index >= 15 is 0 Å². The van der Waals surface area contributed by atoms with Gasteiger partial charge in [-0.1, -0.05) is 30.3 Å². The predicted octanol–water partition coefficient (Wildman–Crippen LogP) is 1.08. The number of nitrogens with one attached hydrogen (secondary N) is 1. The van der Waals surface area contributed by atoms with E-state index in [1.807, 2.05) is 13.0 Å². The highest BCUT2D eigenvalue weighted by atomic mass is 16.3. The maximum Gasteiger partial charge on any atom is 0.234 e. The second-order valence-electron chi connectivity index (χ2n) is 5.92. The highest BCUT2D eigenvalue weighted by molar-refractivity contribution is 5.99. The van der Waals surface area contributed by atoms with Gasteiger partial charge in [0, 0.05) is 5.56 Å². The number of amides is 1. The zero-order chi connectivity index (χ0) is 15.9. The van der Waals surface area contributed by atoms with Crippen molar-refractivity contribution in [2.75, 3.05) is 26.2 Å². The first-order valence-electron chi connectivity index (χ1n) is 7.81. The number of aliphatic hydroxyl groups is 1. The predicted molar refractivity (Wildman–Crippen MR) is 84.6 cm³/mol. The molecule has 5 heteroatoms. The number of ketones is 1. The summed E-state index contributed by atoms with van der Waals surface area (Å²) in [7, 11) is 0. The van der Waals surface area contributed by atoms with E-state index in [4.69, 9.17) is 0 Å². The first kappa shape index (κ1) is 16.6. The molecule has 1 aromatic rings. The fourth-order valence-electron chi connectivity index (χ4n) is 2.76. The lowest BCUT2D eigenvalue weighted by molar-refractivity contribution is -0.122. The first-order valence-corrected chi connectivity index (χ1v) is 7.81. The maximum atomic E-state index is 11.9. The summed E-state index contributed by atoms with van der Waals surface area (Å²) in [6.45, 7) is 3.80. The zero-order valence-electron chi connectivity index (χ0n) is 13.0. The molecular formula is C17H24N2O3. The van der Waals surface area contributed by atoms with E-state index in [0.29, 0.717) is 18.0 Å². The van der Waals surface area contributed by atoms with Crippen LogP contribution in [-0.4, -0.2) is 54.0 Å². The number of carbonyl (C=O) groups is 2. The van der Waals surface area contributed by atoms with E-state index in [-0.39, 0.29) is 24.3 Å². The molecule has 0 saturated carbocycles. The molecule has 2 N–H and O–H groups in total. The molecule has 1 aliphatic rings. The molecule has 0 bridgehead atoms. The van der Waals surface area contributed by atoms with Crippen LogP contribution in [0.5, 0.6) is 0 Å². The van der Waals surface area contributed by atoms with Crippen molar-refractivity contribution in [3.63, 3.8) is 0 Å². The molecule has 2 rings (SSSR count). The standard InChI is InChI=1S/C17H24N2O3/c1-13(20)14-7-9-19(10-8-14)12-17(22)18-11-16(21)15-5-3-2-4-6-15/h2-6,13-14,20H,7-12H2,1H3,(H,18,22). The number of piperidine rings is 1. The molecule has 1 aliphatic heterocycles. The topological polar surface area (TPSA) is 69.6 Å². The van der Waals surface area contributed by atoms with Crippen molar-refractivity contribution in [1.82, 2.24) is 10.2 Å². The van der Waals surface area contributed by atoms with Gasteiger partial charge in [-0.05, 0) is 38.8 Å². The van der Waals surface area contributed by atoms with Crippen LogP contribution in [0.15, 0.2) is 30.3 Å². The summed E-state index contributed by atoms with van der Waals surface area (Å²) in [4.78, 5) is 25.9. The van der Waals surface area contributed by atoms with Crippen LogP contribution in [0, 0.1) is 5.92 Å². The average molecular weight is 304 g/mol. The second kappa shape index (κ2) is 8.06. The Morgan fingerprint density at radius 2 is 1.91 bits per heavy atom. The molecule has 0 spiro atoms. The molecule has 1 saturated heterocycles. The van der Waals surface area contributed by atoms with Crippen LogP contribution in [-0.2, 0) is 4.79 Å². The number of Topliss-reactive ketones (excluding diaryl/α,β-unsaturated/α-hetero) is 1. The number of benzene rings is 1. The fraction of sp³-hybridized carbons (Fsp3) is 0.529. The monoisotopic (exact) mass is 304 g/mol. The van der Waals surface area contributed by atoms with E-state index in [0.717, 1.165) is 25.9 Å². The van der Waals surface area contributed by atoms with Crippen molar-refractivity contribution in [2.45, 2.75) is 25.9 Å². The Balaban J connectivity index is 1.69. The minimum absolute atomic E-state index is 0.0347. The van der Waals surface area contributed by atoms with Gasteiger partial charge in [0.15, 0.2) is 5.78 Å². The summed E-state index contributed by atoms with van der Waals surface area (Å²) < 4.78 is 0. The number of aliphatic hydroxyl groups excluding tert-OH is 1. The summed E-state index contributed by atoms with van der Waals surface area (Å²) in [5.74, 6) is 0.125. The molecule has 0 aromatic heterocycles. The van der Waals surface area contributed by atoms with E-state index < -0.39 is 0 Å². The number of nitrogens with zero attached hydrogens (tertiary/aromatic N) is 1. The lowest BCUT2D eigenvalue weighted by atomic mass is 9.92. The fourth-order valence-corrected chi connectivity index (χ4v) is 2.76. The lowest BCUT2D eigenvalue weighted by Gasteiger charge is -2.32. The number of hydrogen-bond donors (Lipinski definition) is 2. The Morgan fingerprint density at radius 1 is 1.27 bits per heavy atom. The number of rotatable bonds is 6. The number of hydrogen-bond acceptors (Lipinski definition) is 4. The van der Waals surface area contributed by atoms with Crippen molar-refractivity contribution in [3.05, 3.63) is 35.9 Å². The van der Waals surface area contributed by atoms with Crippen molar-refractivity contribution >= 4 is 11.7 Å². The van der Waals surface area contributed by atoms with Crippen LogP contribution in [0.2, 0.25) is 0 Å². The lowest BCUT2D eigenvalue weighted by Crippen LogP contribution is -2.43. The molecule has 1 heterocycles. The third kappa shape index (κ3) is 4.93. The summed E-state index contributed by atoms with van der Waals surface area (Å²) >= 11 is 0. The average Bonchev–Trinajstić information content (AvgIpc) is 2.54. The smallest absolute Gasteiger partial charge is 0.234 e. The third-order valence-electron chi connectivity index (χ3n) is 4.22. The Bertz CT molecular complexity index is 494. The van der Waals surface area contributed by atoms with Crippen LogP contribution < -0.4 is 5.32 Å². The summed E-state index contributed by atoms with van der Waals surface area (Å²) in [6, 6.07) is 8.96. The number of likely N-dealkylation sites (tertiary alicyclic amines) is 1. The van der Waals surface area contributed by atoms with Crippen LogP contribution in [0.1, 0.15) is 30.1 Å². The van der Waals surface area contributed by atoms with Crippen molar-refractivity contribution in [1.29, 1.82) is 0 Å². The van der Waals surface area contributed by atoms with Gasteiger partial charge in [0.1, 0.15) is 0 Å². The van der Waals surface area contributed by atoms with Gasteiger partial charge in [0.05, 0.1) is 19.2 Å². The van der Waals surface area contributed by atoms with Crippen molar-refractivity contribution < 1.29 is 14.7 Å². The molecule has 0 aliphatic carbocycles. The molecule has 1 atom stereocenters. The highest BCUT2D eigenvalue weighted by Crippen LogP contribution is 2.19. The number of carbonyl (C=O) groups excluding carboxylic acids is 2. The largest absolute Gasteiger partial charge is 0.393 e. The highest BCUT2D eigenvalue weighted by Gasteiger charge is 2.23. The minimum Gasteiger partial charge on any atom is -0.393 e. The summed E-state index contributed by atoms with van der Waals surface area (Å²) in [5, 5.41) is 12.2. The Kier molecular flexibility index (Phi) is 6.10. The Morgan fingerprint density at radius 3 is 2.50 bits per heavy atom. The molecule has 1 fully saturated rings. The van der Waals surface area contributed by atoms with E-state index in [9.17, 15) is 14.7 Å². The van der Waals surface area contributed by atoms with Crippen LogP contribution in [0.4, 0.5) is 0 Å². The van der Waals surface area contributed by atoms with Gasteiger partial charge < -0.3 is 10.4 Å². The Hall–Kier alpha value is -1.72. The summed E-state index contributed by atoms with van der Waals surface area (Å²) in [5.41, 5.74) is 0.612. The molecular weight excluding hydrogens is 280 g/mol. The quantitative estimate of drug-likeness (QED) is 0.772. The molecule has 1 unspecified atom stereocenters. The normalized spacial score (nSPS) is 17.9. The van der Waals surface area contributed by atoms with Gasteiger partial charge >= 0.3 is 0 Å². The van der Waals surface area contributed by atoms with Gasteiger partial charge in [-0.2, -0.15) is 0 Å². The van der Waals surface area contributed by atoms with Crippen molar-refractivity contribution in [3.8, 4) is 0 Å². The van der Waals surface area contributed by atoms with Gasteiger partial charge in [0.2, 0.25) is 5.91 Å². The van der Waals surface area contributed by atoms with Crippen LogP contribution in [0.25, 0.3) is 0 Å². The zero-order valence-corrected chi connectivity index (χ0v) is 13.0.